The molecule has 1 amide bonds. The first-order chi connectivity index (χ1) is 11.2. The zero-order valence-electron chi connectivity index (χ0n) is 13.7. The second kappa shape index (κ2) is 6.92. The minimum Gasteiger partial charge on any atom is -0.444 e. The Labute approximate surface area is 141 Å². The van der Waals surface area contributed by atoms with Crippen LogP contribution in [0.1, 0.15) is 20.8 Å². The van der Waals surface area contributed by atoms with Crippen molar-refractivity contribution in [2.45, 2.75) is 31.3 Å². The molecule has 0 saturated carbocycles. The number of hydrogen-bond donors (Lipinski definition) is 2. The second-order valence-electron chi connectivity index (χ2n) is 6.13. The van der Waals surface area contributed by atoms with E-state index in [4.69, 9.17) is 4.74 Å². The molecule has 24 heavy (non-hydrogen) atoms. The first-order valence-electron chi connectivity index (χ1n) is 7.34. The third-order valence-electron chi connectivity index (χ3n) is 2.81. The molecule has 0 aliphatic carbocycles. The standard InChI is InChI=1S/C17H20N2O4S/c1-17(2,3)23-16(20)18-13-8-7-9-14(12-13)19-24(21,22)15-10-5-4-6-11-15/h4-12,19H,1-3H3,(H,18,20). The maximum Gasteiger partial charge on any atom is 0.412 e. The van der Waals surface area contributed by atoms with Crippen molar-refractivity contribution < 1.29 is 17.9 Å². The highest BCUT2D eigenvalue weighted by atomic mass is 32.2. The number of amides is 1. The first-order valence-corrected chi connectivity index (χ1v) is 8.82. The lowest BCUT2D eigenvalue weighted by Gasteiger charge is -2.19. The van der Waals surface area contributed by atoms with Crippen molar-refractivity contribution in [1.82, 2.24) is 0 Å². The number of ether oxygens (including phenoxy) is 1. The van der Waals surface area contributed by atoms with E-state index >= 15 is 0 Å². The zero-order valence-corrected chi connectivity index (χ0v) is 14.6. The highest BCUT2D eigenvalue weighted by Crippen LogP contribution is 2.20. The predicted molar refractivity (Wildman–Crippen MR) is 93.5 cm³/mol. The Balaban J connectivity index is 2.12. The summed E-state index contributed by atoms with van der Waals surface area (Å²) in [5.74, 6) is 0. The van der Waals surface area contributed by atoms with E-state index in [1.165, 1.54) is 18.2 Å². The number of rotatable bonds is 4. The molecule has 0 aliphatic rings. The van der Waals surface area contributed by atoms with Gasteiger partial charge in [0.2, 0.25) is 0 Å². The van der Waals surface area contributed by atoms with Crippen LogP contribution < -0.4 is 10.0 Å². The first kappa shape index (κ1) is 17.8. The van der Waals surface area contributed by atoms with Crippen LogP contribution in [0.3, 0.4) is 0 Å². The molecule has 7 heteroatoms. The quantitative estimate of drug-likeness (QED) is 0.879. The number of hydrogen-bond acceptors (Lipinski definition) is 4. The van der Waals surface area contributed by atoms with Crippen LogP contribution in [0.4, 0.5) is 16.2 Å². The molecule has 0 aliphatic heterocycles. The number of carbonyl (C=O) groups excluding carboxylic acids is 1. The van der Waals surface area contributed by atoms with Crippen LogP contribution >= 0.6 is 0 Å². The van der Waals surface area contributed by atoms with E-state index in [1.807, 2.05) is 0 Å². The van der Waals surface area contributed by atoms with Crippen LogP contribution in [-0.2, 0) is 14.8 Å². The lowest BCUT2D eigenvalue weighted by atomic mass is 10.2. The van der Waals surface area contributed by atoms with Gasteiger partial charge in [-0.15, -0.1) is 0 Å². The van der Waals surface area contributed by atoms with Gasteiger partial charge in [0.1, 0.15) is 5.60 Å². The maximum absolute atomic E-state index is 12.3. The number of carbonyl (C=O) groups is 1. The van der Waals surface area contributed by atoms with E-state index in [9.17, 15) is 13.2 Å². The van der Waals surface area contributed by atoms with E-state index in [-0.39, 0.29) is 4.90 Å². The van der Waals surface area contributed by atoms with E-state index in [1.54, 1.807) is 57.2 Å². The summed E-state index contributed by atoms with van der Waals surface area (Å²) in [4.78, 5) is 11.9. The summed E-state index contributed by atoms with van der Waals surface area (Å²) in [6, 6.07) is 14.4. The van der Waals surface area contributed by atoms with Crippen LogP contribution in [0, 0.1) is 0 Å². The second-order valence-corrected chi connectivity index (χ2v) is 7.81. The van der Waals surface area contributed by atoms with Crippen molar-refractivity contribution in [3.8, 4) is 0 Å². The normalized spacial score (nSPS) is 11.6. The lowest BCUT2D eigenvalue weighted by molar-refractivity contribution is 0.0636. The van der Waals surface area contributed by atoms with Crippen LogP contribution in [0.2, 0.25) is 0 Å². The van der Waals surface area contributed by atoms with E-state index < -0.39 is 21.7 Å². The van der Waals surface area contributed by atoms with Crippen molar-refractivity contribution >= 4 is 27.5 Å². The Hall–Kier alpha value is -2.54. The van der Waals surface area contributed by atoms with Crippen molar-refractivity contribution in [2.75, 3.05) is 10.0 Å². The summed E-state index contributed by atoms with van der Waals surface area (Å²) in [5.41, 5.74) is 0.154. The number of benzene rings is 2. The Morgan fingerprint density at radius 3 is 2.21 bits per heavy atom. The summed E-state index contributed by atoms with van der Waals surface area (Å²) in [5, 5.41) is 2.57. The molecule has 0 heterocycles. The van der Waals surface area contributed by atoms with Gasteiger partial charge >= 0.3 is 6.09 Å². The van der Waals surface area contributed by atoms with Gasteiger partial charge in [-0.3, -0.25) is 10.0 Å². The van der Waals surface area contributed by atoms with Crippen molar-refractivity contribution in [3.05, 3.63) is 54.6 Å². The number of sulfonamides is 1. The molecule has 0 bridgehead atoms. The summed E-state index contributed by atoms with van der Waals surface area (Å²) in [6.07, 6.45) is -0.606. The Morgan fingerprint density at radius 1 is 0.958 bits per heavy atom. The molecule has 0 atom stereocenters. The summed E-state index contributed by atoms with van der Waals surface area (Å²) in [6.45, 7) is 5.28. The molecular formula is C17H20N2O4S. The molecule has 2 aromatic carbocycles. The molecule has 2 rings (SSSR count). The predicted octanol–water partition coefficient (Wildman–Crippen LogP) is 3.83. The van der Waals surface area contributed by atoms with Gasteiger partial charge in [0, 0.05) is 5.69 Å². The fourth-order valence-corrected chi connectivity index (χ4v) is 2.97. The van der Waals surface area contributed by atoms with Gasteiger partial charge in [-0.1, -0.05) is 24.3 Å². The highest BCUT2D eigenvalue weighted by Gasteiger charge is 2.17. The van der Waals surface area contributed by atoms with Gasteiger partial charge in [0.05, 0.1) is 10.6 Å². The summed E-state index contributed by atoms with van der Waals surface area (Å²) in [7, 11) is -3.68. The fourth-order valence-electron chi connectivity index (χ4n) is 1.90. The molecule has 0 radical (unpaired) electrons. The van der Waals surface area contributed by atoms with Gasteiger partial charge in [-0.05, 0) is 51.1 Å². The molecule has 128 valence electrons. The van der Waals surface area contributed by atoms with Gasteiger partial charge < -0.3 is 4.74 Å². The molecule has 0 fully saturated rings. The van der Waals surface area contributed by atoms with Crippen molar-refractivity contribution in [3.63, 3.8) is 0 Å². The molecule has 0 unspecified atom stereocenters. The van der Waals surface area contributed by atoms with Gasteiger partial charge in [0.25, 0.3) is 10.0 Å². The topological polar surface area (TPSA) is 84.5 Å². The molecule has 0 aromatic heterocycles. The monoisotopic (exact) mass is 348 g/mol. The molecule has 2 N–H and O–H groups in total. The largest absolute Gasteiger partial charge is 0.444 e. The summed E-state index contributed by atoms with van der Waals surface area (Å²) < 4.78 is 32.2. The van der Waals surface area contributed by atoms with Gasteiger partial charge in [0.15, 0.2) is 0 Å². The maximum atomic E-state index is 12.3. The van der Waals surface area contributed by atoms with Gasteiger partial charge in [-0.25, -0.2) is 13.2 Å². The van der Waals surface area contributed by atoms with E-state index in [0.29, 0.717) is 11.4 Å². The van der Waals surface area contributed by atoms with Crippen LogP contribution in [-0.4, -0.2) is 20.1 Å². The molecule has 6 nitrogen and oxygen atoms in total. The number of anilines is 2. The van der Waals surface area contributed by atoms with Crippen molar-refractivity contribution in [2.24, 2.45) is 0 Å². The SMILES string of the molecule is CC(C)(C)OC(=O)Nc1cccc(NS(=O)(=O)c2ccccc2)c1. The molecule has 0 saturated heterocycles. The summed E-state index contributed by atoms with van der Waals surface area (Å²) >= 11 is 0. The lowest BCUT2D eigenvalue weighted by Crippen LogP contribution is -2.27. The van der Waals surface area contributed by atoms with E-state index in [2.05, 4.69) is 10.0 Å². The minimum atomic E-state index is -3.68. The highest BCUT2D eigenvalue weighted by molar-refractivity contribution is 7.92. The van der Waals surface area contributed by atoms with Crippen LogP contribution in [0.15, 0.2) is 59.5 Å². The average Bonchev–Trinajstić information content (AvgIpc) is 2.46. The molecule has 0 spiro atoms. The van der Waals surface area contributed by atoms with Crippen molar-refractivity contribution in [1.29, 1.82) is 0 Å². The number of nitrogens with one attached hydrogen (secondary N) is 2. The average molecular weight is 348 g/mol. The Morgan fingerprint density at radius 2 is 1.58 bits per heavy atom. The third-order valence-corrected chi connectivity index (χ3v) is 4.21. The fraction of sp³-hybridized carbons (Fsp3) is 0.235. The van der Waals surface area contributed by atoms with Crippen LogP contribution in [0.25, 0.3) is 0 Å². The zero-order chi connectivity index (χ0) is 17.8. The smallest absolute Gasteiger partial charge is 0.412 e. The van der Waals surface area contributed by atoms with E-state index in [0.717, 1.165) is 0 Å². The molecule has 2 aromatic rings. The third kappa shape index (κ3) is 5.27. The minimum absolute atomic E-state index is 0.163. The van der Waals surface area contributed by atoms with Gasteiger partial charge in [-0.2, -0.15) is 0 Å². The Bertz CT molecular complexity index is 812. The van der Waals surface area contributed by atoms with Crippen LogP contribution in [0.5, 0.6) is 0 Å². The Kier molecular flexibility index (Phi) is 5.14. The molecular weight excluding hydrogens is 328 g/mol.